The average Bonchev–Trinajstić information content (AvgIpc) is 3.19. The van der Waals surface area contributed by atoms with Gasteiger partial charge in [0, 0.05) is 16.0 Å². The molecule has 6 nitrogen and oxygen atoms in total. The number of carbonyl (C=O) groups excluding carboxylic acids is 2. The summed E-state index contributed by atoms with van der Waals surface area (Å²) < 4.78 is 5.53. The van der Waals surface area contributed by atoms with E-state index in [9.17, 15) is 14.9 Å². The van der Waals surface area contributed by atoms with E-state index in [2.05, 4.69) is 11.4 Å². The summed E-state index contributed by atoms with van der Waals surface area (Å²) in [5.74, 6) is -0.916. The minimum atomic E-state index is -0.489. The van der Waals surface area contributed by atoms with Gasteiger partial charge in [-0.25, -0.2) is 4.79 Å². The van der Waals surface area contributed by atoms with Crippen molar-refractivity contribution in [2.75, 3.05) is 11.9 Å². The van der Waals surface area contributed by atoms with Crippen LogP contribution in [0.4, 0.5) is 5.00 Å². The number of para-hydroxylation sites is 1. The first-order chi connectivity index (χ1) is 16.7. The Kier molecular flexibility index (Phi) is 6.59. The number of thiophene rings is 1. The van der Waals surface area contributed by atoms with Crippen LogP contribution in [0.25, 0.3) is 10.9 Å². The molecule has 0 aliphatic heterocycles. The Hall–Kier alpha value is -3.24. The quantitative estimate of drug-likeness (QED) is 0.505. The summed E-state index contributed by atoms with van der Waals surface area (Å²) in [5.41, 5.74) is 4.87. The fraction of sp³-hybridized carbons (Fsp3) is 0.407. The molecule has 1 amide bonds. The summed E-state index contributed by atoms with van der Waals surface area (Å²) in [6.45, 7) is -0.391. The van der Waals surface area contributed by atoms with Gasteiger partial charge in [0.2, 0.25) is 0 Å². The van der Waals surface area contributed by atoms with E-state index in [0.717, 1.165) is 85.5 Å². The third kappa shape index (κ3) is 4.43. The van der Waals surface area contributed by atoms with Crippen molar-refractivity contribution in [1.82, 2.24) is 4.98 Å². The molecule has 0 bridgehead atoms. The number of benzene rings is 1. The van der Waals surface area contributed by atoms with Gasteiger partial charge in [-0.2, -0.15) is 5.26 Å². The topological polar surface area (TPSA) is 92.1 Å². The van der Waals surface area contributed by atoms with E-state index < -0.39 is 18.5 Å². The number of pyridine rings is 1. The third-order valence-electron chi connectivity index (χ3n) is 6.74. The highest BCUT2D eigenvalue weighted by Crippen LogP contribution is 2.37. The van der Waals surface area contributed by atoms with Crippen LogP contribution in [-0.4, -0.2) is 23.5 Å². The lowest BCUT2D eigenvalue weighted by molar-refractivity contribution is -0.119. The number of fused-ring (bicyclic) bond motifs is 3. The molecule has 0 unspecified atom stereocenters. The van der Waals surface area contributed by atoms with Crippen LogP contribution in [0, 0.1) is 11.3 Å². The Balaban J connectivity index is 1.36. The number of nitrogens with zero attached hydrogens (tertiary/aromatic N) is 2. The molecule has 5 rings (SSSR count). The van der Waals surface area contributed by atoms with Crippen molar-refractivity contribution in [2.24, 2.45) is 0 Å². The smallest absolute Gasteiger partial charge is 0.339 e. The third-order valence-corrected chi connectivity index (χ3v) is 7.95. The maximum atomic E-state index is 13.3. The van der Waals surface area contributed by atoms with Crippen LogP contribution in [0.15, 0.2) is 24.3 Å². The number of aromatic nitrogens is 1. The molecule has 2 aliphatic carbocycles. The van der Waals surface area contributed by atoms with E-state index >= 15 is 0 Å². The number of amides is 1. The summed E-state index contributed by atoms with van der Waals surface area (Å²) in [4.78, 5) is 32.0. The minimum Gasteiger partial charge on any atom is -0.452 e. The monoisotopic (exact) mass is 473 g/mol. The van der Waals surface area contributed by atoms with Crippen molar-refractivity contribution in [3.05, 3.63) is 57.1 Å². The Morgan fingerprint density at radius 3 is 2.59 bits per heavy atom. The summed E-state index contributed by atoms with van der Waals surface area (Å²) in [6.07, 6.45) is 9.99. The number of ether oxygens (including phenoxy) is 1. The van der Waals surface area contributed by atoms with Gasteiger partial charge in [-0.3, -0.25) is 9.78 Å². The van der Waals surface area contributed by atoms with Crippen molar-refractivity contribution in [2.45, 2.75) is 64.2 Å². The minimum absolute atomic E-state index is 0.391. The zero-order valence-electron chi connectivity index (χ0n) is 19.1. The number of nitriles is 1. The van der Waals surface area contributed by atoms with Gasteiger partial charge in [0.25, 0.3) is 5.91 Å². The standard InChI is InChI=1S/C27H27N3O3S/c28-15-20-17-9-6-8-14-23(17)34-26(20)30-24(31)16-33-27(32)25-18-10-3-1-2-4-12-21(18)29-22-13-7-5-11-19(22)25/h5,7,11,13H,1-4,6,8-10,12,14,16H2,(H,30,31). The lowest BCUT2D eigenvalue weighted by Crippen LogP contribution is -2.22. The molecule has 2 aliphatic rings. The maximum Gasteiger partial charge on any atom is 0.339 e. The van der Waals surface area contributed by atoms with E-state index in [-0.39, 0.29) is 0 Å². The number of carbonyl (C=O) groups is 2. The molecule has 3 aromatic rings. The fourth-order valence-corrected chi connectivity index (χ4v) is 6.35. The van der Waals surface area contributed by atoms with Gasteiger partial charge in [-0.1, -0.05) is 31.0 Å². The van der Waals surface area contributed by atoms with Crippen molar-refractivity contribution < 1.29 is 14.3 Å². The number of esters is 1. The molecule has 2 heterocycles. The van der Waals surface area contributed by atoms with E-state index in [1.807, 2.05) is 24.3 Å². The number of nitrogens with one attached hydrogen (secondary N) is 1. The molecular formula is C27H27N3O3S. The Labute approximate surface area is 203 Å². The van der Waals surface area contributed by atoms with Gasteiger partial charge < -0.3 is 10.1 Å². The number of hydrogen-bond donors (Lipinski definition) is 1. The normalized spacial score (nSPS) is 15.4. The Morgan fingerprint density at radius 2 is 1.74 bits per heavy atom. The zero-order valence-corrected chi connectivity index (χ0v) is 19.9. The molecule has 34 heavy (non-hydrogen) atoms. The summed E-state index contributed by atoms with van der Waals surface area (Å²) in [6, 6.07) is 9.87. The van der Waals surface area contributed by atoms with Crippen molar-refractivity contribution >= 4 is 39.1 Å². The molecule has 1 N–H and O–H groups in total. The second-order valence-electron chi connectivity index (χ2n) is 8.99. The van der Waals surface area contributed by atoms with Gasteiger partial charge in [0.05, 0.1) is 16.6 Å². The SMILES string of the molecule is N#Cc1c(NC(=O)COC(=O)c2c3c(nc4ccccc24)CCCCCC3)sc2c1CCCC2. The van der Waals surface area contributed by atoms with Crippen LogP contribution >= 0.6 is 11.3 Å². The molecule has 0 saturated carbocycles. The molecule has 0 spiro atoms. The van der Waals surface area contributed by atoms with Crippen molar-refractivity contribution in [3.63, 3.8) is 0 Å². The lowest BCUT2D eigenvalue weighted by Gasteiger charge is -2.18. The van der Waals surface area contributed by atoms with Gasteiger partial charge >= 0.3 is 5.97 Å². The number of anilines is 1. The predicted molar refractivity (Wildman–Crippen MR) is 132 cm³/mol. The highest BCUT2D eigenvalue weighted by molar-refractivity contribution is 7.16. The first-order valence-corrected chi connectivity index (χ1v) is 12.9. The van der Waals surface area contributed by atoms with Gasteiger partial charge in [0.1, 0.15) is 11.1 Å². The van der Waals surface area contributed by atoms with Gasteiger partial charge in [0.15, 0.2) is 6.61 Å². The van der Waals surface area contributed by atoms with Crippen LogP contribution in [0.2, 0.25) is 0 Å². The van der Waals surface area contributed by atoms with E-state index in [4.69, 9.17) is 9.72 Å². The van der Waals surface area contributed by atoms with Gasteiger partial charge in [-0.15, -0.1) is 11.3 Å². The fourth-order valence-electron chi connectivity index (χ4n) is 5.10. The Bertz CT molecular complexity index is 1300. The average molecular weight is 474 g/mol. The maximum absolute atomic E-state index is 13.3. The molecule has 174 valence electrons. The van der Waals surface area contributed by atoms with Crippen LogP contribution in [0.3, 0.4) is 0 Å². The van der Waals surface area contributed by atoms with E-state index in [1.54, 1.807) is 0 Å². The van der Waals surface area contributed by atoms with Crippen LogP contribution in [0.1, 0.15) is 76.1 Å². The highest BCUT2D eigenvalue weighted by Gasteiger charge is 2.25. The first kappa shape index (κ1) is 22.5. The predicted octanol–water partition coefficient (Wildman–Crippen LogP) is 5.50. The first-order valence-electron chi connectivity index (χ1n) is 12.1. The molecule has 0 saturated heterocycles. The largest absolute Gasteiger partial charge is 0.452 e. The van der Waals surface area contributed by atoms with E-state index in [1.165, 1.54) is 22.6 Å². The second kappa shape index (κ2) is 9.94. The van der Waals surface area contributed by atoms with Crippen molar-refractivity contribution in [3.8, 4) is 6.07 Å². The number of rotatable bonds is 4. The van der Waals surface area contributed by atoms with E-state index in [0.29, 0.717) is 16.1 Å². The molecule has 0 radical (unpaired) electrons. The summed E-state index contributed by atoms with van der Waals surface area (Å²) in [5, 5.41) is 13.8. The van der Waals surface area contributed by atoms with Crippen LogP contribution < -0.4 is 5.32 Å². The molecule has 1 aromatic carbocycles. The lowest BCUT2D eigenvalue weighted by atomic mass is 9.91. The van der Waals surface area contributed by atoms with Crippen LogP contribution in [-0.2, 0) is 35.2 Å². The summed E-state index contributed by atoms with van der Waals surface area (Å²) >= 11 is 1.47. The highest BCUT2D eigenvalue weighted by atomic mass is 32.1. The zero-order chi connectivity index (χ0) is 23.5. The van der Waals surface area contributed by atoms with Crippen molar-refractivity contribution in [1.29, 1.82) is 5.26 Å². The molecule has 2 aromatic heterocycles. The molecule has 0 atom stereocenters. The Morgan fingerprint density at radius 1 is 1.00 bits per heavy atom. The number of hydrogen-bond acceptors (Lipinski definition) is 6. The molecule has 0 fully saturated rings. The summed E-state index contributed by atoms with van der Waals surface area (Å²) in [7, 11) is 0. The van der Waals surface area contributed by atoms with Gasteiger partial charge in [-0.05, 0) is 68.6 Å². The number of aryl methyl sites for hydroxylation is 2. The second-order valence-corrected chi connectivity index (χ2v) is 10.1. The molecule has 7 heteroatoms. The van der Waals surface area contributed by atoms with Crippen LogP contribution in [0.5, 0.6) is 0 Å². The molecular weight excluding hydrogens is 446 g/mol.